The number of hydrogen-bond donors (Lipinski definition) is 1. The van der Waals surface area contributed by atoms with Crippen LogP contribution in [0.5, 0.6) is 0 Å². The van der Waals surface area contributed by atoms with Gasteiger partial charge in [0, 0.05) is 32.7 Å². The molecule has 2 N–H and O–H groups in total. The summed E-state index contributed by atoms with van der Waals surface area (Å²) in [6.07, 6.45) is 1.89. The first-order chi connectivity index (χ1) is 10.3. The van der Waals surface area contributed by atoms with E-state index < -0.39 is 0 Å². The Morgan fingerprint density at radius 1 is 1.14 bits per heavy atom. The summed E-state index contributed by atoms with van der Waals surface area (Å²) in [6, 6.07) is 8.02. The molecule has 0 amide bonds. The van der Waals surface area contributed by atoms with Crippen LogP contribution >= 0.6 is 0 Å². The van der Waals surface area contributed by atoms with Crippen LogP contribution < -0.4 is 10.6 Å². The molecule has 0 aliphatic carbocycles. The third-order valence-corrected chi connectivity index (χ3v) is 4.10. The highest BCUT2D eigenvalue weighted by Crippen LogP contribution is 2.17. The number of aromatic nitrogens is 2. The maximum absolute atomic E-state index is 5.71. The monoisotopic (exact) mass is 285 g/mol. The van der Waals surface area contributed by atoms with Gasteiger partial charge in [0.1, 0.15) is 5.82 Å². The molecule has 0 spiro atoms. The Morgan fingerprint density at radius 2 is 1.86 bits per heavy atom. The van der Waals surface area contributed by atoms with Gasteiger partial charge < -0.3 is 10.6 Å². The van der Waals surface area contributed by atoms with Crippen molar-refractivity contribution in [2.45, 2.75) is 6.92 Å². The highest BCUT2D eigenvalue weighted by atomic mass is 15.3. The third-order valence-electron chi connectivity index (χ3n) is 4.10. The largest absolute Gasteiger partial charge is 0.353 e. The maximum Gasteiger partial charge on any atom is 0.147 e. The third kappa shape index (κ3) is 3.31. The lowest BCUT2D eigenvalue weighted by atomic mass is 10.1. The fraction of sp³-hybridized carbons (Fsp3) is 0.500. The molecule has 21 heavy (non-hydrogen) atoms. The first-order valence-corrected chi connectivity index (χ1v) is 7.65. The summed E-state index contributed by atoms with van der Waals surface area (Å²) in [6.45, 7) is 8.21. The van der Waals surface area contributed by atoms with E-state index in [9.17, 15) is 0 Å². The lowest BCUT2D eigenvalue weighted by Crippen LogP contribution is -2.48. The quantitative estimate of drug-likeness (QED) is 0.919. The Morgan fingerprint density at radius 3 is 2.57 bits per heavy atom. The van der Waals surface area contributed by atoms with Crippen LogP contribution in [0.15, 0.2) is 30.5 Å². The van der Waals surface area contributed by atoms with Gasteiger partial charge in [0.25, 0.3) is 0 Å². The molecule has 1 saturated heterocycles. The molecule has 1 aromatic carbocycles. The fourth-order valence-corrected chi connectivity index (χ4v) is 2.77. The van der Waals surface area contributed by atoms with Gasteiger partial charge in [0.2, 0.25) is 0 Å². The maximum atomic E-state index is 5.71. The van der Waals surface area contributed by atoms with Crippen LogP contribution in [-0.4, -0.2) is 54.1 Å². The lowest BCUT2D eigenvalue weighted by molar-refractivity contribution is 0.227. The molecule has 1 unspecified atom stereocenters. The van der Waals surface area contributed by atoms with Crippen molar-refractivity contribution >= 4 is 16.9 Å². The number of para-hydroxylation sites is 2. The molecule has 5 nitrogen and oxygen atoms in total. The van der Waals surface area contributed by atoms with E-state index in [1.807, 2.05) is 30.5 Å². The standard InChI is InChI=1S/C16H23N5/c1-13(10-17)12-20-6-8-21(9-7-20)16-11-18-14-4-2-3-5-15(14)19-16/h2-5,11,13H,6-10,12,17H2,1H3. The molecule has 0 radical (unpaired) electrons. The minimum Gasteiger partial charge on any atom is -0.353 e. The SMILES string of the molecule is CC(CN)CN1CCN(c2cnc3ccccc3n2)CC1. The zero-order valence-electron chi connectivity index (χ0n) is 12.6. The molecule has 1 aromatic heterocycles. The van der Waals surface area contributed by atoms with Crippen LogP contribution in [0.1, 0.15) is 6.92 Å². The summed E-state index contributed by atoms with van der Waals surface area (Å²) in [5, 5.41) is 0. The predicted octanol–water partition coefficient (Wildman–Crippen LogP) is 1.35. The number of anilines is 1. The van der Waals surface area contributed by atoms with Gasteiger partial charge in [-0.1, -0.05) is 19.1 Å². The molecule has 3 rings (SSSR count). The number of fused-ring (bicyclic) bond motifs is 1. The molecule has 1 fully saturated rings. The molecule has 2 heterocycles. The van der Waals surface area contributed by atoms with E-state index >= 15 is 0 Å². The highest BCUT2D eigenvalue weighted by Gasteiger charge is 2.19. The molecular formula is C16H23N5. The molecule has 1 aliphatic rings. The predicted molar refractivity (Wildman–Crippen MR) is 86.4 cm³/mol. The summed E-state index contributed by atoms with van der Waals surface area (Å²) >= 11 is 0. The van der Waals surface area contributed by atoms with Crippen LogP contribution in [0.4, 0.5) is 5.82 Å². The molecule has 0 bridgehead atoms. The van der Waals surface area contributed by atoms with E-state index in [1.54, 1.807) is 0 Å². The van der Waals surface area contributed by atoms with Crippen molar-refractivity contribution in [3.05, 3.63) is 30.5 Å². The summed E-state index contributed by atoms with van der Waals surface area (Å²) in [7, 11) is 0. The van der Waals surface area contributed by atoms with Gasteiger partial charge in [0.15, 0.2) is 0 Å². The van der Waals surface area contributed by atoms with Crippen molar-refractivity contribution in [2.75, 3.05) is 44.2 Å². The van der Waals surface area contributed by atoms with Crippen LogP contribution in [-0.2, 0) is 0 Å². The average molecular weight is 285 g/mol. The first-order valence-electron chi connectivity index (χ1n) is 7.65. The summed E-state index contributed by atoms with van der Waals surface area (Å²) in [5.41, 5.74) is 7.63. The Labute approximate surface area is 125 Å². The summed E-state index contributed by atoms with van der Waals surface area (Å²) < 4.78 is 0. The topological polar surface area (TPSA) is 58.3 Å². The number of piperazine rings is 1. The first kappa shape index (κ1) is 14.2. The fourth-order valence-electron chi connectivity index (χ4n) is 2.77. The normalized spacial score (nSPS) is 18.1. The number of rotatable bonds is 4. The van der Waals surface area contributed by atoms with E-state index in [0.29, 0.717) is 5.92 Å². The summed E-state index contributed by atoms with van der Waals surface area (Å²) in [4.78, 5) is 14.0. The second kappa shape index (κ2) is 6.37. The van der Waals surface area contributed by atoms with Crippen LogP contribution in [0.3, 0.4) is 0 Å². The van der Waals surface area contributed by atoms with Gasteiger partial charge in [-0.25, -0.2) is 4.98 Å². The zero-order valence-corrected chi connectivity index (χ0v) is 12.6. The van der Waals surface area contributed by atoms with Gasteiger partial charge in [0.05, 0.1) is 17.2 Å². The Bertz CT molecular complexity index is 592. The van der Waals surface area contributed by atoms with E-state index in [0.717, 1.165) is 56.1 Å². The Kier molecular flexibility index (Phi) is 4.31. The molecule has 112 valence electrons. The van der Waals surface area contributed by atoms with E-state index in [2.05, 4.69) is 21.7 Å². The Hall–Kier alpha value is -1.72. The van der Waals surface area contributed by atoms with Gasteiger partial charge in [-0.15, -0.1) is 0 Å². The van der Waals surface area contributed by atoms with Gasteiger partial charge in [-0.2, -0.15) is 0 Å². The molecule has 1 aliphatic heterocycles. The zero-order chi connectivity index (χ0) is 14.7. The smallest absolute Gasteiger partial charge is 0.147 e. The minimum atomic E-state index is 0.567. The Balaban J connectivity index is 1.65. The average Bonchev–Trinajstić information content (AvgIpc) is 2.55. The number of nitrogens with two attached hydrogens (primary N) is 1. The molecule has 2 aromatic rings. The van der Waals surface area contributed by atoms with E-state index in [-0.39, 0.29) is 0 Å². The van der Waals surface area contributed by atoms with Crippen molar-refractivity contribution in [1.29, 1.82) is 0 Å². The lowest BCUT2D eigenvalue weighted by Gasteiger charge is -2.36. The second-order valence-electron chi connectivity index (χ2n) is 5.85. The van der Waals surface area contributed by atoms with Gasteiger partial charge in [-0.3, -0.25) is 9.88 Å². The van der Waals surface area contributed by atoms with Crippen molar-refractivity contribution < 1.29 is 0 Å². The van der Waals surface area contributed by atoms with Crippen molar-refractivity contribution in [3.8, 4) is 0 Å². The highest BCUT2D eigenvalue weighted by molar-refractivity contribution is 5.75. The van der Waals surface area contributed by atoms with Crippen LogP contribution in [0.25, 0.3) is 11.0 Å². The number of nitrogens with zero attached hydrogens (tertiary/aromatic N) is 4. The molecule has 5 heteroatoms. The second-order valence-corrected chi connectivity index (χ2v) is 5.85. The van der Waals surface area contributed by atoms with Crippen molar-refractivity contribution in [1.82, 2.24) is 14.9 Å². The van der Waals surface area contributed by atoms with Crippen LogP contribution in [0, 0.1) is 5.92 Å². The van der Waals surface area contributed by atoms with Gasteiger partial charge in [-0.05, 0) is 24.6 Å². The van der Waals surface area contributed by atoms with E-state index in [1.165, 1.54) is 0 Å². The van der Waals surface area contributed by atoms with Crippen molar-refractivity contribution in [2.24, 2.45) is 11.7 Å². The number of benzene rings is 1. The molecule has 1 atom stereocenters. The number of hydrogen-bond acceptors (Lipinski definition) is 5. The van der Waals surface area contributed by atoms with Crippen LogP contribution in [0.2, 0.25) is 0 Å². The summed E-state index contributed by atoms with van der Waals surface area (Å²) in [5.74, 6) is 1.55. The van der Waals surface area contributed by atoms with Gasteiger partial charge >= 0.3 is 0 Å². The van der Waals surface area contributed by atoms with E-state index in [4.69, 9.17) is 10.7 Å². The molecule has 0 saturated carbocycles. The molecular weight excluding hydrogens is 262 g/mol. The van der Waals surface area contributed by atoms with Crippen molar-refractivity contribution in [3.63, 3.8) is 0 Å². The minimum absolute atomic E-state index is 0.567.